The van der Waals surface area contributed by atoms with Crippen LogP contribution in [0.3, 0.4) is 0 Å². The highest BCUT2D eigenvalue weighted by atomic mass is 15.0. The number of rotatable bonds is 3. The molecule has 58 heavy (non-hydrogen) atoms. The van der Waals surface area contributed by atoms with Gasteiger partial charge in [0.25, 0.3) is 0 Å². The highest BCUT2D eigenvalue weighted by Crippen LogP contribution is 2.49. The van der Waals surface area contributed by atoms with E-state index in [0.29, 0.717) is 0 Å². The summed E-state index contributed by atoms with van der Waals surface area (Å²) in [6.45, 7) is 0. The Bertz CT molecular complexity index is 3710. The minimum atomic E-state index is 1.09. The van der Waals surface area contributed by atoms with Gasteiger partial charge in [0.15, 0.2) is 0 Å². The molecular formula is C54H30N4+2. The molecule has 11 aromatic rings. The zero-order valence-corrected chi connectivity index (χ0v) is 31.1. The average Bonchev–Trinajstić information content (AvgIpc) is 4.11. The van der Waals surface area contributed by atoms with Crippen LogP contribution in [-0.4, -0.2) is 34.0 Å². The predicted molar refractivity (Wildman–Crippen MR) is 245 cm³/mol. The minimum Gasteiger partial charge on any atom is -0.302 e. The highest BCUT2D eigenvalue weighted by molar-refractivity contribution is 6.21. The summed E-state index contributed by atoms with van der Waals surface area (Å²) in [5, 5.41) is 12.4. The molecule has 2 aromatic heterocycles. The lowest BCUT2D eigenvalue weighted by atomic mass is 9.95. The van der Waals surface area contributed by atoms with Gasteiger partial charge in [-0.2, -0.15) is 0 Å². The molecule has 4 nitrogen and oxygen atoms in total. The van der Waals surface area contributed by atoms with E-state index in [0.717, 1.165) is 39.5 Å². The van der Waals surface area contributed by atoms with Crippen molar-refractivity contribution in [3.05, 3.63) is 180 Å². The topological polar surface area (TPSA) is 38.1 Å². The van der Waals surface area contributed by atoms with Crippen molar-refractivity contribution in [3.8, 4) is 44.8 Å². The van der Waals surface area contributed by atoms with Crippen LogP contribution in [0.2, 0.25) is 0 Å². The van der Waals surface area contributed by atoms with Gasteiger partial charge in [-0.15, -0.1) is 0 Å². The van der Waals surface area contributed by atoms with Gasteiger partial charge in [-0.05, 0) is 102 Å². The molecule has 4 heterocycles. The largest absolute Gasteiger partial charge is 0.317 e. The Morgan fingerprint density at radius 2 is 0.862 bits per heavy atom. The van der Waals surface area contributed by atoms with Gasteiger partial charge in [0, 0.05) is 32.9 Å². The van der Waals surface area contributed by atoms with Crippen molar-refractivity contribution in [3.63, 3.8) is 0 Å². The van der Waals surface area contributed by atoms with Crippen LogP contribution in [0.25, 0.3) is 110 Å². The molecule has 264 valence electrons. The molecule has 0 saturated carbocycles. The summed E-state index contributed by atoms with van der Waals surface area (Å²) in [6, 6.07) is 58.6. The van der Waals surface area contributed by atoms with E-state index in [1.165, 1.54) is 92.7 Å². The van der Waals surface area contributed by atoms with Crippen molar-refractivity contribution in [2.24, 2.45) is 0 Å². The van der Waals surface area contributed by atoms with E-state index < -0.39 is 0 Å². The smallest absolute Gasteiger partial charge is 0.302 e. The van der Waals surface area contributed by atoms with Crippen molar-refractivity contribution in [1.82, 2.24) is 18.5 Å². The number of hydrogen-bond acceptors (Lipinski definition) is 0. The first-order valence-corrected chi connectivity index (χ1v) is 19.9. The van der Waals surface area contributed by atoms with Crippen LogP contribution in [0.1, 0.15) is 22.5 Å². The monoisotopic (exact) mass is 734 g/mol. The van der Waals surface area contributed by atoms with Crippen LogP contribution in [-0.2, 0) is 0 Å². The lowest BCUT2D eigenvalue weighted by Gasteiger charge is -2.17. The summed E-state index contributed by atoms with van der Waals surface area (Å²) in [5.41, 5.74) is 16.6. The Morgan fingerprint density at radius 3 is 1.47 bits per heavy atom. The summed E-state index contributed by atoms with van der Waals surface area (Å²) in [7, 11) is 0. The van der Waals surface area contributed by atoms with Crippen LogP contribution in [0.5, 0.6) is 0 Å². The fourth-order valence-corrected chi connectivity index (χ4v) is 10.3. The van der Waals surface area contributed by atoms with Gasteiger partial charge in [0.05, 0.1) is 22.2 Å². The van der Waals surface area contributed by atoms with E-state index in [9.17, 15) is 0 Å². The molecule has 9 aromatic carbocycles. The first-order chi connectivity index (χ1) is 28.7. The van der Waals surface area contributed by atoms with E-state index in [-0.39, 0.29) is 0 Å². The Labute approximate surface area is 332 Å². The van der Waals surface area contributed by atoms with Crippen LogP contribution >= 0.6 is 0 Å². The van der Waals surface area contributed by atoms with E-state index in [2.05, 4.69) is 167 Å². The Hall–Kier alpha value is -8.00. The summed E-state index contributed by atoms with van der Waals surface area (Å²) in [4.78, 5) is 0. The molecule has 1 aliphatic carbocycles. The van der Waals surface area contributed by atoms with Gasteiger partial charge < -0.3 is 9.13 Å². The fraction of sp³-hybridized carbons (Fsp3) is 0. The summed E-state index contributed by atoms with van der Waals surface area (Å²) >= 11 is 0. The fourth-order valence-electron chi connectivity index (χ4n) is 10.3. The summed E-state index contributed by atoms with van der Waals surface area (Å²) in [6.07, 6.45) is 8.06. The zero-order chi connectivity index (χ0) is 37.6. The number of fused-ring (bicyclic) bond motifs is 14. The van der Waals surface area contributed by atoms with Crippen molar-refractivity contribution >= 4 is 89.8 Å². The van der Waals surface area contributed by atoms with Crippen LogP contribution in [0.15, 0.2) is 158 Å². The van der Waals surface area contributed by atoms with Crippen LogP contribution < -0.4 is 9.34 Å². The third kappa shape index (κ3) is 3.89. The molecule has 0 unspecified atom stereocenters. The first kappa shape index (κ1) is 30.2. The van der Waals surface area contributed by atoms with Crippen LogP contribution in [0, 0.1) is 0 Å². The Kier molecular flexibility index (Phi) is 5.66. The van der Waals surface area contributed by atoms with Crippen LogP contribution in [0.4, 0.5) is 0 Å². The van der Waals surface area contributed by atoms with Gasteiger partial charge >= 0.3 is 24.9 Å². The second kappa shape index (κ2) is 10.9. The van der Waals surface area contributed by atoms with Crippen molar-refractivity contribution in [2.75, 3.05) is 0 Å². The van der Waals surface area contributed by atoms with E-state index in [4.69, 9.17) is 9.34 Å². The maximum absolute atomic E-state index is 4.70. The molecule has 0 radical (unpaired) electrons. The molecule has 0 atom stereocenters. The predicted octanol–water partition coefficient (Wildman–Crippen LogP) is 11.3. The molecule has 0 fully saturated rings. The quantitative estimate of drug-likeness (QED) is 0.162. The molecule has 0 N–H and O–H groups in total. The normalized spacial score (nSPS) is 13.0. The molecule has 0 spiro atoms. The third-order valence-electron chi connectivity index (χ3n) is 12.9. The minimum absolute atomic E-state index is 1.09. The molecule has 0 saturated heterocycles. The van der Waals surface area contributed by atoms with Gasteiger partial charge in [-0.1, -0.05) is 131 Å². The summed E-state index contributed by atoms with van der Waals surface area (Å²) in [5.74, 6) is 0. The van der Waals surface area contributed by atoms with Gasteiger partial charge in [0.1, 0.15) is 11.4 Å². The van der Waals surface area contributed by atoms with E-state index in [1.807, 2.05) is 24.9 Å². The third-order valence-corrected chi connectivity index (χ3v) is 12.9. The van der Waals surface area contributed by atoms with E-state index in [1.54, 1.807) is 0 Å². The highest BCUT2D eigenvalue weighted by Gasteiger charge is 2.29. The maximum atomic E-state index is 4.70. The van der Waals surface area contributed by atoms with Gasteiger partial charge in [-0.25, -0.2) is 0 Å². The second-order valence-electron chi connectivity index (χ2n) is 15.9. The molecule has 0 amide bonds. The van der Waals surface area contributed by atoms with Gasteiger partial charge in [0.2, 0.25) is 0 Å². The number of nitrogens with zero attached hydrogens (tertiary/aromatic N) is 4. The Morgan fingerprint density at radius 1 is 0.328 bits per heavy atom. The second-order valence-corrected chi connectivity index (χ2v) is 15.9. The van der Waals surface area contributed by atoms with E-state index >= 15 is 0 Å². The maximum Gasteiger partial charge on any atom is 0.317 e. The standard InChI is InChI=1S/C54H30N4/c1-3-11-40-31(7-1)17-19-44-48-27-55-29-50(48)57(53(40)44)38-22-37(23-39(26-38)58-51-30-56-28-49(51)45-20-18-32-8-2-4-12-41(32)54(45)58)34-15-16-35-24-46-42-13-5-9-33-10-6-14-43(52(33)42)47(46)25-36(35)21-34/h1-30H/q+2. The average molecular weight is 735 g/mol. The molecule has 2 aliphatic heterocycles. The van der Waals surface area contributed by atoms with Crippen molar-refractivity contribution in [1.29, 1.82) is 0 Å². The SMILES string of the molecule is C1=[N+]=Cc2c1c1ccc3ccccc3c1n2-c1cc(-c2ccc3cc4c(cc3c2)-c2cccc3cccc-4c23)cc(-n2c3c(c4ccc5ccccc5c42)C=[N+]=C3)c1. The number of benzene rings is 9. The lowest BCUT2D eigenvalue weighted by molar-refractivity contribution is 1.08. The Balaban J connectivity index is 1.07. The molecule has 4 heteroatoms. The molecule has 0 bridgehead atoms. The molecular weight excluding hydrogens is 705 g/mol. The summed E-state index contributed by atoms with van der Waals surface area (Å²) < 4.78 is 14.3. The lowest BCUT2D eigenvalue weighted by Crippen LogP contribution is -2.05. The number of aromatic nitrogens is 2. The molecule has 3 aliphatic rings. The first-order valence-electron chi connectivity index (χ1n) is 19.9. The van der Waals surface area contributed by atoms with Crippen molar-refractivity contribution < 1.29 is 0 Å². The van der Waals surface area contributed by atoms with Crippen molar-refractivity contribution in [2.45, 2.75) is 0 Å². The number of hydrogen-bond donors (Lipinski definition) is 0. The van der Waals surface area contributed by atoms with Gasteiger partial charge in [-0.3, -0.25) is 0 Å². The zero-order valence-electron chi connectivity index (χ0n) is 31.1. The molecule has 14 rings (SSSR count).